The largest absolute Gasteiger partial charge is 0.545 e. The lowest BCUT2D eigenvalue weighted by molar-refractivity contribution is -0.255. The van der Waals surface area contributed by atoms with E-state index in [4.69, 9.17) is 0 Å². The summed E-state index contributed by atoms with van der Waals surface area (Å²) in [6.07, 6.45) is 3.09. The van der Waals surface area contributed by atoms with Gasteiger partial charge in [-0.15, -0.1) is 0 Å². The van der Waals surface area contributed by atoms with Crippen molar-refractivity contribution in [2.75, 3.05) is 4.90 Å². The number of amides is 2. The lowest BCUT2D eigenvalue weighted by Gasteiger charge is -2.19. The van der Waals surface area contributed by atoms with E-state index in [0.29, 0.717) is 17.5 Å². The Morgan fingerprint density at radius 1 is 1.00 bits per heavy atom. The molecule has 2 aliphatic carbocycles. The average Bonchev–Trinajstić information content (AvgIpc) is 3.13. The molecule has 108 valence electrons. The molecule has 5 nitrogen and oxygen atoms in total. The van der Waals surface area contributed by atoms with Gasteiger partial charge in [-0.2, -0.15) is 0 Å². The molecule has 0 radical (unpaired) electrons. The summed E-state index contributed by atoms with van der Waals surface area (Å²) in [5, 5.41) is 10.8. The number of hydrogen-bond donors (Lipinski definition) is 0. The summed E-state index contributed by atoms with van der Waals surface area (Å²) >= 11 is 0. The molecule has 1 heterocycles. The minimum absolute atomic E-state index is 0.0399. The third-order valence-electron chi connectivity index (χ3n) is 5.29. The Morgan fingerprint density at radius 3 is 2.00 bits per heavy atom. The van der Waals surface area contributed by atoms with Crippen LogP contribution < -0.4 is 10.0 Å². The molecule has 3 aliphatic rings. The van der Waals surface area contributed by atoms with Gasteiger partial charge in [0, 0.05) is 0 Å². The molecule has 1 saturated heterocycles. The highest BCUT2D eigenvalue weighted by atomic mass is 16.4. The van der Waals surface area contributed by atoms with Crippen LogP contribution in [0.15, 0.2) is 24.3 Å². The molecule has 1 aromatic carbocycles. The Labute approximate surface area is 121 Å². The minimum Gasteiger partial charge on any atom is -0.545 e. The van der Waals surface area contributed by atoms with Gasteiger partial charge >= 0.3 is 0 Å². The Morgan fingerprint density at radius 2 is 1.52 bits per heavy atom. The number of carbonyl (C=O) groups excluding carboxylic acids is 3. The van der Waals surface area contributed by atoms with Gasteiger partial charge in [0.1, 0.15) is 0 Å². The highest BCUT2D eigenvalue weighted by Gasteiger charge is 2.61. The lowest BCUT2D eigenvalue weighted by atomic mass is 9.81. The number of aromatic carboxylic acids is 1. The second-order valence-electron chi connectivity index (χ2n) is 6.23. The van der Waals surface area contributed by atoms with Gasteiger partial charge in [0.15, 0.2) is 0 Å². The first-order valence-electron chi connectivity index (χ1n) is 7.27. The van der Waals surface area contributed by atoms with E-state index < -0.39 is 5.97 Å². The Bertz CT molecular complexity index is 623. The number of anilines is 1. The monoisotopic (exact) mass is 284 g/mol. The third-order valence-corrected chi connectivity index (χ3v) is 5.29. The van der Waals surface area contributed by atoms with Crippen LogP contribution in [0.25, 0.3) is 0 Å². The number of benzene rings is 1. The molecule has 2 saturated carbocycles. The zero-order chi connectivity index (χ0) is 14.7. The van der Waals surface area contributed by atoms with Gasteiger partial charge < -0.3 is 9.90 Å². The van der Waals surface area contributed by atoms with Crippen LogP contribution in [0.4, 0.5) is 5.69 Å². The van der Waals surface area contributed by atoms with Crippen LogP contribution in [-0.2, 0) is 9.59 Å². The Hall–Kier alpha value is -2.17. The fourth-order valence-electron chi connectivity index (χ4n) is 4.41. The molecule has 4 rings (SSSR count). The van der Waals surface area contributed by atoms with E-state index in [1.807, 2.05) is 0 Å². The molecule has 3 fully saturated rings. The molecule has 1 aromatic rings. The average molecular weight is 284 g/mol. The summed E-state index contributed by atoms with van der Waals surface area (Å²) in [4.78, 5) is 37.2. The topological polar surface area (TPSA) is 77.5 Å². The highest BCUT2D eigenvalue weighted by molar-refractivity contribution is 6.22. The molecular formula is C16H14NO4-. The summed E-state index contributed by atoms with van der Waals surface area (Å²) in [6, 6.07) is 5.75. The van der Waals surface area contributed by atoms with Crippen molar-refractivity contribution in [1.29, 1.82) is 0 Å². The molecule has 5 heteroatoms. The third kappa shape index (κ3) is 1.60. The van der Waals surface area contributed by atoms with Gasteiger partial charge in [-0.3, -0.25) is 14.5 Å². The van der Waals surface area contributed by atoms with Crippen molar-refractivity contribution in [2.24, 2.45) is 23.7 Å². The predicted molar refractivity (Wildman–Crippen MR) is 71.1 cm³/mol. The molecule has 4 atom stereocenters. The first-order chi connectivity index (χ1) is 10.1. The van der Waals surface area contributed by atoms with E-state index in [9.17, 15) is 19.5 Å². The zero-order valence-corrected chi connectivity index (χ0v) is 11.3. The van der Waals surface area contributed by atoms with E-state index in [0.717, 1.165) is 19.3 Å². The number of carboxylic acid groups (broad SMARTS) is 1. The van der Waals surface area contributed by atoms with Crippen LogP contribution in [0, 0.1) is 23.7 Å². The summed E-state index contributed by atoms with van der Waals surface area (Å²) < 4.78 is 0. The molecule has 2 amide bonds. The van der Waals surface area contributed by atoms with Crippen molar-refractivity contribution in [3.05, 3.63) is 29.8 Å². The fraction of sp³-hybridized carbons (Fsp3) is 0.438. The molecule has 1 aliphatic heterocycles. The number of fused-ring (bicyclic) bond motifs is 5. The quantitative estimate of drug-likeness (QED) is 0.744. The zero-order valence-electron chi connectivity index (χ0n) is 11.3. The SMILES string of the molecule is O=C([O-])c1ccc(N2C(=O)[C@H]3[C@H]4CC[C@@H](C4)[C@@H]3C2=O)cc1. The van der Waals surface area contributed by atoms with E-state index >= 15 is 0 Å². The lowest BCUT2D eigenvalue weighted by Crippen LogP contribution is -2.32. The van der Waals surface area contributed by atoms with Gasteiger partial charge in [0.25, 0.3) is 0 Å². The second-order valence-corrected chi connectivity index (χ2v) is 6.23. The van der Waals surface area contributed by atoms with Crippen LogP contribution >= 0.6 is 0 Å². The normalized spacial score (nSPS) is 33.6. The van der Waals surface area contributed by atoms with Gasteiger partial charge in [0.2, 0.25) is 11.8 Å². The summed E-state index contributed by atoms with van der Waals surface area (Å²) in [5.74, 6) is -1.10. The number of nitrogens with zero attached hydrogens (tertiary/aromatic N) is 1. The predicted octanol–water partition coefficient (Wildman–Crippen LogP) is 0.586. The van der Waals surface area contributed by atoms with E-state index in [2.05, 4.69) is 0 Å². The van der Waals surface area contributed by atoms with Crippen LogP contribution in [0.3, 0.4) is 0 Å². The molecule has 21 heavy (non-hydrogen) atoms. The number of imide groups is 1. The molecule has 0 spiro atoms. The first kappa shape index (κ1) is 12.6. The minimum atomic E-state index is -1.27. The summed E-state index contributed by atoms with van der Waals surface area (Å²) in [6.45, 7) is 0. The summed E-state index contributed by atoms with van der Waals surface area (Å²) in [5.41, 5.74) is 0.502. The maximum Gasteiger partial charge on any atom is 0.237 e. The van der Waals surface area contributed by atoms with Crippen molar-refractivity contribution in [3.8, 4) is 0 Å². The Balaban J connectivity index is 1.68. The summed E-state index contributed by atoms with van der Waals surface area (Å²) in [7, 11) is 0. The maximum atomic E-state index is 12.6. The van der Waals surface area contributed by atoms with Crippen molar-refractivity contribution in [3.63, 3.8) is 0 Å². The molecule has 0 N–H and O–H groups in total. The maximum absolute atomic E-state index is 12.6. The number of carbonyl (C=O) groups is 3. The van der Waals surface area contributed by atoms with Gasteiger partial charge in [-0.05, 0) is 48.8 Å². The van der Waals surface area contributed by atoms with E-state index in [1.165, 1.54) is 29.2 Å². The van der Waals surface area contributed by atoms with Gasteiger partial charge in [-0.1, -0.05) is 12.1 Å². The van der Waals surface area contributed by atoms with Gasteiger partial charge in [-0.25, -0.2) is 0 Å². The highest BCUT2D eigenvalue weighted by Crippen LogP contribution is 2.56. The van der Waals surface area contributed by atoms with Crippen molar-refractivity contribution >= 4 is 23.5 Å². The second kappa shape index (κ2) is 4.16. The molecule has 0 unspecified atom stereocenters. The van der Waals surface area contributed by atoms with E-state index in [1.54, 1.807) is 0 Å². The van der Waals surface area contributed by atoms with Crippen LogP contribution in [0.5, 0.6) is 0 Å². The standard InChI is InChI=1S/C16H15NO4/c18-14-12-9-1-2-10(7-9)13(12)15(19)17(14)11-5-3-8(4-6-11)16(20)21/h3-6,9-10,12-13H,1-2,7H2,(H,20,21)/p-1/t9-,10-,12-,13-/m0/s1. The van der Waals surface area contributed by atoms with Gasteiger partial charge in [0.05, 0.1) is 23.5 Å². The molecule has 0 aromatic heterocycles. The fourth-order valence-corrected chi connectivity index (χ4v) is 4.41. The number of rotatable bonds is 2. The van der Waals surface area contributed by atoms with Crippen LogP contribution in [-0.4, -0.2) is 17.8 Å². The van der Waals surface area contributed by atoms with Crippen molar-refractivity contribution in [1.82, 2.24) is 0 Å². The van der Waals surface area contributed by atoms with Crippen molar-refractivity contribution in [2.45, 2.75) is 19.3 Å². The van der Waals surface area contributed by atoms with E-state index in [-0.39, 0.29) is 29.2 Å². The Kier molecular flexibility index (Phi) is 2.49. The van der Waals surface area contributed by atoms with Crippen molar-refractivity contribution < 1.29 is 19.5 Å². The molecular weight excluding hydrogens is 270 g/mol. The number of carboxylic acids is 1. The first-order valence-corrected chi connectivity index (χ1v) is 7.27. The number of hydrogen-bond acceptors (Lipinski definition) is 4. The smallest absolute Gasteiger partial charge is 0.237 e. The molecule has 2 bridgehead atoms. The van der Waals surface area contributed by atoms with Crippen LogP contribution in [0.2, 0.25) is 0 Å². The van der Waals surface area contributed by atoms with Crippen LogP contribution in [0.1, 0.15) is 29.6 Å².